The first-order valence-electron chi connectivity index (χ1n) is 4.19. The van der Waals surface area contributed by atoms with Gasteiger partial charge in [0.2, 0.25) is 0 Å². The Balaban J connectivity index is 0. The smallest absolute Gasteiger partial charge is 0.0350 e. The molecule has 0 heterocycles. The van der Waals surface area contributed by atoms with Crippen molar-refractivity contribution in [2.45, 2.75) is 40.5 Å². The SMILES string of the molecule is C/C=C\C=C/CCC.CC. The van der Waals surface area contributed by atoms with E-state index in [9.17, 15) is 0 Å². The molecule has 0 aromatic carbocycles. The van der Waals surface area contributed by atoms with Crippen molar-refractivity contribution in [3.8, 4) is 0 Å². The Kier molecular flexibility index (Phi) is 19.3. The zero-order valence-corrected chi connectivity index (χ0v) is 7.72. The average molecular weight is 140 g/mol. The zero-order valence-electron chi connectivity index (χ0n) is 7.72. The third-order valence-corrected chi connectivity index (χ3v) is 0.895. The fourth-order valence-corrected chi connectivity index (χ4v) is 0.453. The summed E-state index contributed by atoms with van der Waals surface area (Å²) in [6.07, 6.45) is 10.8. The van der Waals surface area contributed by atoms with Gasteiger partial charge in [-0.1, -0.05) is 51.5 Å². The van der Waals surface area contributed by atoms with Crippen LogP contribution in [0.5, 0.6) is 0 Å². The quantitative estimate of drug-likeness (QED) is 0.521. The summed E-state index contributed by atoms with van der Waals surface area (Å²) < 4.78 is 0. The average Bonchev–Trinajstić information content (AvgIpc) is 2.02. The van der Waals surface area contributed by atoms with Crippen LogP contribution in [-0.2, 0) is 0 Å². The van der Waals surface area contributed by atoms with Crippen molar-refractivity contribution in [3.05, 3.63) is 24.3 Å². The third-order valence-electron chi connectivity index (χ3n) is 0.895. The summed E-state index contributed by atoms with van der Waals surface area (Å²) in [5, 5.41) is 0. The predicted molar refractivity (Wildman–Crippen MR) is 50.2 cm³/mol. The Morgan fingerprint density at radius 1 is 1.10 bits per heavy atom. The number of unbranched alkanes of at least 4 members (excludes halogenated alkanes) is 1. The van der Waals surface area contributed by atoms with Crippen LogP contribution in [0.3, 0.4) is 0 Å². The van der Waals surface area contributed by atoms with Crippen LogP contribution >= 0.6 is 0 Å². The molecule has 0 aliphatic rings. The van der Waals surface area contributed by atoms with Gasteiger partial charge in [0.15, 0.2) is 0 Å². The van der Waals surface area contributed by atoms with Crippen molar-refractivity contribution < 1.29 is 0 Å². The lowest BCUT2D eigenvalue weighted by atomic mass is 10.3. The van der Waals surface area contributed by atoms with E-state index in [0.29, 0.717) is 0 Å². The van der Waals surface area contributed by atoms with Crippen LogP contribution < -0.4 is 0 Å². The molecular formula is C10H20. The van der Waals surface area contributed by atoms with Crippen molar-refractivity contribution in [2.24, 2.45) is 0 Å². The molecule has 0 saturated heterocycles. The van der Waals surface area contributed by atoms with Crippen LogP contribution in [0, 0.1) is 0 Å². The largest absolute Gasteiger partial charge is 0.0877 e. The molecule has 0 unspecified atom stereocenters. The van der Waals surface area contributed by atoms with Gasteiger partial charge in [0.05, 0.1) is 0 Å². The first kappa shape index (κ1) is 12.2. The van der Waals surface area contributed by atoms with Crippen LogP contribution in [0.1, 0.15) is 40.5 Å². The van der Waals surface area contributed by atoms with Crippen molar-refractivity contribution in [3.63, 3.8) is 0 Å². The maximum absolute atomic E-state index is 2.18. The number of rotatable bonds is 3. The van der Waals surface area contributed by atoms with E-state index in [-0.39, 0.29) is 0 Å². The van der Waals surface area contributed by atoms with Gasteiger partial charge in [-0.3, -0.25) is 0 Å². The first-order valence-corrected chi connectivity index (χ1v) is 4.19. The lowest BCUT2D eigenvalue weighted by molar-refractivity contribution is 0.959. The molecule has 0 aliphatic carbocycles. The molecule has 0 spiro atoms. The van der Waals surface area contributed by atoms with E-state index in [1.165, 1.54) is 12.8 Å². The molecule has 0 nitrogen and oxygen atoms in total. The van der Waals surface area contributed by atoms with E-state index in [0.717, 1.165) is 0 Å². The molecule has 0 atom stereocenters. The lowest BCUT2D eigenvalue weighted by Gasteiger charge is -1.78. The molecule has 10 heavy (non-hydrogen) atoms. The van der Waals surface area contributed by atoms with Gasteiger partial charge in [0.25, 0.3) is 0 Å². The summed E-state index contributed by atoms with van der Waals surface area (Å²) in [5.74, 6) is 0. The van der Waals surface area contributed by atoms with Gasteiger partial charge in [-0.05, 0) is 13.3 Å². The van der Waals surface area contributed by atoms with Crippen LogP contribution in [0.4, 0.5) is 0 Å². The van der Waals surface area contributed by atoms with Gasteiger partial charge in [-0.2, -0.15) is 0 Å². The second-order valence-corrected chi connectivity index (χ2v) is 1.74. The van der Waals surface area contributed by atoms with E-state index >= 15 is 0 Å². The topological polar surface area (TPSA) is 0 Å². The summed E-state index contributed by atoms with van der Waals surface area (Å²) >= 11 is 0. The highest BCUT2D eigenvalue weighted by Gasteiger charge is 1.67. The maximum atomic E-state index is 2.18. The second-order valence-electron chi connectivity index (χ2n) is 1.74. The van der Waals surface area contributed by atoms with Crippen LogP contribution in [-0.4, -0.2) is 0 Å². The predicted octanol–water partition coefficient (Wildman–Crippen LogP) is 3.95. The molecule has 0 amide bonds. The molecule has 0 aliphatic heterocycles. The van der Waals surface area contributed by atoms with E-state index in [1.807, 2.05) is 26.8 Å². The molecule has 0 N–H and O–H groups in total. The molecule has 0 bridgehead atoms. The molecular weight excluding hydrogens is 120 g/mol. The highest BCUT2D eigenvalue weighted by atomic mass is 13.7. The minimum absolute atomic E-state index is 1.20. The molecule has 0 radical (unpaired) electrons. The Morgan fingerprint density at radius 3 is 2.10 bits per heavy atom. The zero-order chi connectivity index (χ0) is 8.24. The highest BCUT2D eigenvalue weighted by Crippen LogP contribution is 1.87. The Hall–Kier alpha value is -0.520. The number of allylic oxidation sites excluding steroid dienone is 4. The van der Waals surface area contributed by atoms with E-state index in [4.69, 9.17) is 0 Å². The summed E-state index contributed by atoms with van der Waals surface area (Å²) in [5.41, 5.74) is 0. The molecule has 0 heteroatoms. The van der Waals surface area contributed by atoms with Crippen molar-refractivity contribution in [2.75, 3.05) is 0 Å². The maximum Gasteiger partial charge on any atom is -0.0350 e. The van der Waals surface area contributed by atoms with Crippen LogP contribution in [0.2, 0.25) is 0 Å². The Labute approximate surface area is 65.7 Å². The second kappa shape index (κ2) is 15.8. The first-order chi connectivity index (χ1) is 4.91. The fourth-order valence-electron chi connectivity index (χ4n) is 0.453. The fraction of sp³-hybridized carbons (Fsp3) is 0.600. The summed E-state index contributed by atoms with van der Waals surface area (Å²) in [7, 11) is 0. The minimum Gasteiger partial charge on any atom is -0.0877 e. The minimum atomic E-state index is 1.20. The highest BCUT2D eigenvalue weighted by molar-refractivity contribution is 5.00. The summed E-state index contributed by atoms with van der Waals surface area (Å²) in [6, 6.07) is 0. The van der Waals surface area contributed by atoms with Crippen LogP contribution in [0.15, 0.2) is 24.3 Å². The molecule has 0 aromatic rings. The van der Waals surface area contributed by atoms with Gasteiger partial charge < -0.3 is 0 Å². The number of hydrogen-bond donors (Lipinski definition) is 0. The third kappa shape index (κ3) is 15.6. The van der Waals surface area contributed by atoms with Gasteiger partial charge >= 0.3 is 0 Å². The van der Waals surface area contributed by atoms with Crippen LogP contribution in [0.25, 0.3) is 0 Å². The van der Waals surface area contributed by atoms with Crippen molar-refractivity contribution >= 4 is 0 Å². The molecule has 0 saturated carbocycles. The summed E-state index contributed by atoms with van der Waals surface area (Å²) in [6.45, 7) is 8.20. The molecule has 0 aromatic heterocycles. The lowest BCUT2D eigenvalue weighted by Crippen LogP contribution is -1.57. The summed E-state index contributed by atoms with van der Waals surface area (Å²) in [4.78, 5) is 0. The van der Waals surface area contributed by atoms with Gasteiger partial charge in [-0.15, -0.1) is 0 Å². The normalized spacial score (nSPS) is 10.0. The van der Waals surface area contributed by atoms with E-state index in [1.54, 1.807) is 0 Å². The monoisotopic (exact) mass is 140 g/mol. The van der Waals surface area contributed by atoms with Crippen molar-refractivity contribution in [1.29, 1.82) is 0 Å². The Bertz CT molecular complexity index is 78.0. The molecule has 0 fully saturated rings. The van der Waals surface area contributed by atoms with Gasteiger partial charge in [0.1, 0.15) is 0 Å². The van der Waals surface area contributed by atoms with Gasteiger partial charge in [-0.25, -0.2) is 0 Å². The Morgan fingerprint density at radius 2 is 1.70 bits per heavy atom. The van der Waals surface area contributed by atoms with Crippen molar-refractivity contribution in [1.82, 2.24) is 0 Å². The van der Waals surface area contributed by atoms with E-state index < -0.39 is 0 Å². The number of hydrogen-bond acceptors (Lipinski definition) is 0. The van der Waals surface area contributed by atoms with E-state index in [2.05, 4.69) is 25.2 Å². The standard InChI is InChI=1S/C8H14.C2H6/c1-3-5-7-8-6-4-2;1-2/h3,5,7-8H,4,6H2,1-2H3;1-2H3/b5-3-,8-7-;. The van der Waals surface area contributed by atoms with Gasteiger partial charge in [0, 0.05) is 0 Å². The molecule has 0 rings (SSSR count). The molecule has 60 valence electrons.